The summed E-state index contributed by atoms with van der Waals surface area (Å²) >= 11 is 0. The molecule has 12 heteroatoms. The van der Waals surface area contributed by atoms with Crippen LogP contribution in [0.3, 0.4) is 0 Å². The molecule has 0 aromatic heterocycles. The zero-order chi connectivity index (χ0) is 29.2. The van der Waals surface area contributed by atoms with E-state index in [0.717, 1.165) is 63.4 Å². The van der Waals surface area contributed by atoms with Crippen molar-refractivity contribution in [1.82, 2.24) is 15.5 Å². The van der Waals surface area contributed by atoms with Gasteiger partial charge >= 0.3 is 0 Å². The number of nitrogens with two attached hydrogens (primary N) is 1. The second kappa shape index (κ2) is 18.6. The highest BCUT2D eigenvalue weighted by Crippen LogP contribution is 2.33. The average Bonchev–Trinajstić information content (AvgIpc) is 3.20. The van der Waals surface area contributed by atoms with Gasteiger partial charge in [-0.3, -0.25) is 34.2 Å². The number of benzene rings is 1. The fraction of sp³-hybridized carbons (Fsp3) is 0.556. The molecule has 2 aliphatic rings. The van der Waals surface area contributed by atoms with E-state index in [-0.39, 0.29) is 42.2 Å². The van der Waals surface area contributed by atoms with Crippen molar-refractivity contribution in [2.75, 3.05) is 26.8 Å². The molecule has 3 rings (SSSR count). The van der Waals surface area contributed by atoms with Crippen LogP contribution in [0.25, 0.3) is 0 Å². The van der Waals surface area contributed by atoms with Gasteiger partial charge in [0.05, 0.1) is 11.1 Å². The van der Waals surface area contributed by atoms with Crippen LogP contribution in [0.2, 0.25) is 0 Å². The summed E-state index contributed by atoms with van der Waals surface area (Å²) in [4.78, 5) is 71.5. The number of hydrogen-bond acceptors (Lipinski definition) is 9. The molecule has 0 radical (unpaired) electrons. The highest BCUT2D eigenvalue weighted by molar-refractivity contribution is 6.24. The van der Waals surface area contributed by atoms with E-state index in [1.54, 1.807) is 6.07 Å². The number of unbranched alkanes of at least 4 members (excludes halogenated alkanes) is 5. The summed E-state index contributed by atoms with van der Waals surface area (Å²) < 4.78 is 5.55. The normalized spacial score (nSPS) is 15.8. The first-order valence-corrected chi connectivity index (χ1v) is 13.2. The molecule has 1 atom stereocenters. The van der Waals surface area contributed by atoms with Crippen LogP contribution in [0.5, 0.6) is 5.75 Å². The molecule has 2 aliphatic heterocycles. The molecule has 1 saturated heterocycles. The first kappa shape index (κ1) is 33.4. The van der Waals surface area contributed by atoms with E-state index >= 15 is 0 Å². The Morgan fingerprint density at radius 1 is 1.10 bits per heavy atom. The van der Waals surface area contributed by atoms with Crippen molar-refractivity contribution in [2.45, 2.75) is 70.8 Å². The molecule has 1 fully saturated rings. The molecule has 1 aromatic carbocycles. The molecule has 0 saturated carbocycles. The van der Waals surface area contributed by atoms with Gasteiger partial charge in [-0.1, -0.05) is 38.7 Å². The lowest BCUT2D eigenvalue weighted by atomic mass is 10.0. The molecule has 5 N–H and O–H groups in total. The van der Waals surface area contributed by atoms with E-state index < -0.39 is 29.7 Å². The smallest absolute Gasteiger partial charge is 0.266 e. The minimum atomic E-state index is -1.05. The second-order valence-electron chi connectivity index (χ2n) is 8.75. The average molecular weight is 549 g/mol. The fourth-order valence-electron chi connectivity index (χ4n) is 4.00. The number of aldehydes is 1. The monoisotopic (exact) mass is 548 g/mol. The summed E-state index contributed by atoms with van der Waals surface area (Å²) in [6.45, 7) is 2.77. The van der Waals surface area contributed by atoms with Crippen molar-refractivity contribution in [3.8, 4) is 5.75 Å². The molecule has 1 aromatic rings. The van der Waals surface area contributed by atoms with Crippen LogP contribution < -0.4 is 21.1 Å². The number of nitrogens with zero attached hydrogens (tertiary/aromatic N) is 1. The highest BCUT2D eigenvalue weighted by atomic mass is 16.5. The number of piperidine rings is 1. The first-order chi connectivity index (χ1) is 18.8. The third-order valence-electron chi connectivity index (χ3n) is 5.91. The number of rotatable bonds is 13. The minimum absolute atomic E-state index is 0.0254. The van der Waals surface area contributed by atoms with Crippen molar-refractivity contribution >= 4 is 35.8 Å². The quantitative estimate of drug-likeness (QED) is 0.159. The van der Waals surface area contributed by atoms with Crippen LogP contribution in [0.1, 0.15) is 85.4 Å². The summed E-state index contributed by atoms with van der Waals surface area (Å²) in [6.07, 6.45) is 7.91. The summed E-state index contributed by atoms with van der Waals surface area (Å²) in [5.74, 6) is -2.62. The lowest BCUT2D eigenvalue weighted by molar-refractivity contribution is -0.136. The first-order valence-electron chi connectivity index (χ1n) is 13.2. The molecule has 39 heavy (non-hydrogen) atoms. The van der Waals surface area contributed by atoms with Crippen LogP contribution in [0.15, 0.2) is 18.2 Å². The number of fused-ring (bicyclic) bond motifs is 1. The summed E-state index contributed by atoms with van der Waals surface area (Å²) in [5.41, 5.74) is 5.60. The number of amides is 5. The highest BCUT2D eigenvalue weighted by Gasteiger charge is 2.46. The molecular formula is C27H40N4O8. The summed E-state index contributed by atoms with van der Waals surface area (Å²) in [6, 6.07) is 3.48. The molecule has 2 heterocycles. The van der Waals surface area contributed by atoms with Crippen LogP contribution in [-0.2, 0) is 19.2 Å². The molecule has 1 unspecified atom stereocenters. The molecule has 0 spiro atoms. The third kappa shape index (κ3) is 10.2. The Hall–Kier alpha value is -3.64. The van der Waals surface area contributed by atoms with Crippen molar-refractivity contribution < 1.29 is 38.6 Å². The predicted octanol–water partition coefficient (Wildman–Crippen LogP) is 1.09. The third-order valence-corrected chi connectivity index (χ3v) is 5.91. The maximum Gasteiger partial charge on any atom is 0.266 e. The largest absolute Gasteiger partial charge is 0.483 e. The van der Waals surface area contributed by atoms with Crippen LogP contribution in [0.4, 0.5) is 0 Å². The van der Waals surface area contributed by atoms with E-state index in [1.807, 2.05) is 6.92 Å². The Kier molecular flexibility index (Phi) is 15.9. The lowest BCUT2D eigenvalue weighted by Crippen LogP contribution is -2.54. The Labute approximate surface area is 228 Å². The lowest BCUT2D eigenvalue weighted by Gasteiger charge is -2.27. The Morgan fingerprint density at radius 2 is 1.74 bits per heavy atom. The molecule has 5 amide bonds. The Balaban J connectivity index is 0.00000116. The standard InChI is InChI=1S/C23H30N4O6.C3H6O.CH4O/c24-12-5-3-1-2-4-6-13-25-19(29)14-33-17-9-7-8-15-20(17)23(32)27(22(15)31)16-10-11-18(28)26-21(16)30;1-2-3-4;1-2/h7-9,16H,1-6,10-14,24H2,(H,25,29)(H,26,28,30);3H,2H2,1H3;2H,1H3. The van der Waals surface area contributed by atoms with Gasteiger partial charge in [-0.05, 0) is 37.9 Å². The van der Waals surface area contributed by atoms with Crippen LogP contribution in [0, 0.1) is 0 Å². The second-order valence-corrected chi connectivity index (χ2v) is 8.75. The van der Waals surface area contributed by atoms with Gasteiger partial charge in [-0.25, -0.2) is 0 Å². The molecular weight excluding hydrogens is 508 g/mol. The van der Waals surface area contributed by atoms with Gasteiger partial charge < -0.3 is 25.7 Å². The van der Waals surface area contributed by atoms with Gasteiger partial charge in [-0.2, -0.15) is 0 Å². The number of ether oxygens (including phenoxy) is 1. The minimum Gasteiger partial charge on any atom is -0.483 e. The molecule has 12 nitrogen and oxygen atoms in total. The van der Waals surface area contributed by atoms with Gasteiger partial charge in [0.1, 0.15) is 18.1 Å². The fourth-order valence-corrected chi connectivity index (χ4v) is 4.00. The van der Waals surface area contributed by atoms with Crippen LogP contribution in [-0.4, -0.2) is 78.7 Å². The van der Waals surface area contributed by atoms with Crippen molar-refractivity contribution in [1.29, 1.82) is 0 Å². The number of carbonyl (C=O) groups is 6. The van der Waals surface area contributed by atoms with E-state index in [4.69, 9.17) is 15.6 Å². The van der Waals surface area contributed by atoms with Gasteiger partial charge in [0.2, 0.25) is 11.8 Å². The number of hydrogen-bond donors (Lipinski definition) is 4. The maximum absolute atomic E-state index is 13.0. The number of aliphatic hydroxyl groups is 1. The van der Waals surface area contributed by atoms with Crippen LogP contribution >= 0.6 is 0 Å². The number of aliphatic hydroxyl groups excluding tert-OH is 1. The van der Waals surface area contributed by atoms with Gasteiger partial charge in [0.15, 0.2) is 6.61 Å². The zero-order valence-electron chi connectivity index (χ0n) is 22.7. The van der Waals surface area contributed by atoms with Crippen molar-refractivity contribution in [3.63, 3.8) is 0 Å². The van der Waals surface area contributed by atoms with E-state index in [2.05, 4.69) is 10.6 Å². The summed E-state index contributed by atoms with van der Waals surface area (Å²) in [5, 5.41) is 11.9. The zero-order valence-corrected chi connectivity index (χ0v) is 22.7. The number of nitrogens with one attached hydrogen (secondary N) is 2. The van der Waals surface area contributed by atoms with Crippen molar-refractivity contribution in [3.05, 3.63) is 29.3 Å². The van der Waals surface area contributed by atoms with Gasteiger partial charge in [0.25, 0.3) is 17.7 Å². The van der Waals surface area contributed by atoms with E-state index in [1.165, 1.54) is 12.1 Å². The molecule has 216 valence electrons. The molecule has 0 bridgehead atoms. The topological polar surface area (TPSA) is 185 Å². The van der Waals surface area contributed by atoms with E-state index in [9.17, 15) is 28.8 Å². The number of imide groups is 2. The Bertz CT molecular complexity index is 998. The summed E-state index contributed by atoms with van der Waals surface area (Å²) in [7, 11) is 1.00. The van der Waals surface area contributed by atoms with Crippen molar-refractivity contribution in [2.24, 2.45) is 5.73 Å². The van der Waals surface area contributed by atoms with Gasteiger partial charge in [0, 0.05) is 26.5 Å². The number of carbonyl (C=O) groups excluding carboxylic acids is 6. The SMILES string of the molecule is CCC=O.CO.NCCCCCCCCNC(=O)COc1cccc2c1C(=O)N(C1CCC(=O)NC1=O)C2=O. The van der Waals surface area contributed by atoms with E-state index in [0.29, 0.717) is 13.0 Å². The Morgan fingerprint density at radius 3 is 2.36 bits per heavy atom. The van der Waals surface area contributed by atoms with Gasteiger partial charge in [-0.15, -0.1) is 0 Å². The molecule has 0 aliphatic carbocycles. The maximum atomic E-state index is 13.0. The predicted molar refractivity (Wildman–Crippen MR) is 143 cm³/mol.